The monoisotopic (exact) mass is 467 g/mol. The molecule has 1 N–H and O–H groups in total. The summed E-state index contributed by atoms with van der Waals surface area (Å²) in [4.78, 5) is 51.2. The molecule has 0 radical (unpaired) electrons. The molecule has 32 heavy (non-hydrogen) atoms. The van der Waals surface area contributed by atoms with Gasteiger partial charge in [-0.1, -0.05) is 59.6 Å². The van der Waals surface area contributed by atoms with Crippen LogP contribution in [-0.4, -0.2) is 29.5 Å². The summed E-state index contributed by atoms with van der Waals surface area (Å²) in [5, 5.41) is 3.19. The highest BCUT2D eigenvalue weighted by Gasteiger charge is 2.34. The first-order valence-corrected chi connectivity index (χ1v) is 10.3. The smallest absolute Gasteiger partial charge is 0.339 e. The Morgan fingerprint density at radius 1 is 0.875 bits per heavy atom. The highest BCUT2D eigenvalue weighted by atomic mass is 35.5. The molecule has 1 unspecified atom stereocenters. The number of benzene rings is 3. The third kappa shape index (κ3) is 3.90. The van der Waals surface area contributed by atoms with E-state index >= 15 is 0 Å². The van der Waals surface area contributed by atoms with Crippen LogP contribution in [0.15, 0.2) is 60.7 Å². The van der Waals surface area contributed by atoms with Gasteiger partial charge in [-0.2, -0.15) is 0 Å². The van der Waals surface area contributed by atoms with E-state index in [0.29, 0.717) is 10.7 Å². The third-order valence-electron chi connectivity index (χ3n) is 5.01. The summed E-state index contributed by atoms with van der Waals surface area (Å²) in [6.07, 6.45) is -1.20. The highest BCUT2D eigenvalue weighted by molar-refractivity contribution is 6.36. The van der Waals surface area contributed by atoms with E-state index in [4.69, 9.17) is 27.9 Å². The number of fused-ring (bicyclic) bond motifs is 2. The first kappa shape index (κ1) is 21.7. The van der Waals surface area contributed by atoms with Crippen molar-refractivity contribution in [3.05, 3.63) is 98.5 Å². The summed E-state index contributed by atoms with van der Waals surface area (Å²) in [5.74, 6) is -2.33. The van der Waals surface area contributed by atoms with Crippen molar-refractivity contribution >= 4 is 52.3 Å². The quantitative estimate of drug-likeness (QED) is 0.428. The van der Waals surface area contributed by atoms with Crippen molar-refractivity contribution in [3.8, 4) is 0 Å². The number of anilines is 1. The Morgan fingerprint density at radius 3 is 2.22 bits per heavy atom. The van der Waals surface area contributed by atoms with Crippen molar-refractivity contribution in [1.29, 1.82) is 0 Å². The van der Waals surface area contributed by atoms with Crippen molar-refractivity contribution in [2.75, 3.05) is 5.32 Å². The fraction of sp³-hybridized carbons (Fsp3) is 0.0833. The Kier molecular flexibility index (Phi) is 5.82. The number of amides is 1. The van der Waals surface area contributed by atoms with Gasteiger partial charge in [0.05, 0.1) is 16.3 Å². The average Bonchev–Trinajstić information content (AvgIpc) is 2.78. The van der Waals surface area contributed by atoms with Gasteiger partial charge in [0.25, 0.3) is 5.91 Å². The topological polar surface area (TPSA) is 89.5 Å². The number of hydrogen-bond acceptors (Lipinski definition) is 5. The van der Waals surface area contributed by atoms with Crippen LogP contribution < -0.4 is 5.32 Å². The molecule has 8 heteroatoms. The van der Waals surface area contributed by atoms with Gasteiger partial charge < -0.3 is 10.1 Å². The van der Waals surface area contributed by atoms with E-state index in [0.717, 1.165) is 0 Å². The van der Waals surface area contributed by atoms with E-state index in [9.17, 15) is 19.2 Å². The average molecular weight is 468 g/mol. The second-order valence-corrected chi connectivity index (χ2v) is 7.94. The van der Waals surface area contributed by atoms with Gasteiger partial charge >= 0.3 is 5.97 Å². The number of nitrogens with one attached hydrogen (secondary N) is 1. The molecule has 6 nitrogen and oxygen atoms in total. The maximum Gasteiger partial charge on any atom is 0.339 e. The number of ether oxygens (including phenoxy) is 1. The molecular formula is C24H15Cl2NO5. The number of carbonyl (C=O) groups excluding carboxylic acids is 4. The predicted molar refractivity (Wildman–Crippen MR) is 120 cm³/mol. The molecule has 3 aromatic rings. The summed E-state index contributed by atoms with van der Waals surface area (Å²) in [5.41, 5.74) is 0.803. The first-order chi connectivity index (χ1) is 15.3. The zero-order valence-corrected chi connectivity index (χ0v) is 18.2. The first-order valence-electron chi connectivity index (χ1n) is 9.56. The number of hydrogen-bond donors (Lipinski definition) is 1. The zero-order chi connectivity index (χ0) is 23.0. The lowest BCUT2D eigenvalue weighted by molar-refractivity contribution is -0.123. The second-order valence-electron chi connectivity index (χ2n) is 7.09. The third-order valence-corrected chi connectivity index (χ3v) is 5.56. The summed E-state index contributed by atoms with van der Waals surface area (Å²) in [6, 6.07) is 15.3. The van der Waals surface area contributed by atoms with E-state index in [-0.39, 0.29) is 38.6 Å². The number of halogens is 2. The van der Waals surface area contributed by atoms with Crippen LogP contribution in [0.3, 0.4) is 0 Å². The molecule has 0 fully saturated rings. The second kappa shape index (κ2) is 8.57. The summed E-state index contributed by atoms with van der Waals surface area (Å²) < 4.78 is 5.29. The van der Waals surface area contributed by atoms with Crippen molar-refractivity contribution in [3.63, 3.8) is 0 Å². The molecule has 0 spiro atoms. The minimum atomic E-state index is -1.20. The number of ketones is 2. The molecule has 0 saturated heterocycles. The summed E-state index contributed by atoms with van der Waals surface area (Å²) in [6.45, 7) is 1.38. The van der Waals surface area contributed by atoms with Gasteiger partial charge in [0, 0.05) is 27.3 Å². The van der Waals surface area contributed by atoms with Crippen LogP contribution >= 0.6 is 23.2 Å². The number of carbonyl (C=O) groups is 4. The normalized spacial score (nSPS) is 13.1. The van der Waals surface area contributed by atoms with Gasteiger partial charge in [-0.25, -0.2) is 4.79 Å². The van der Waals surface area contributed by atoms with Crippen LogP contribution in [0.5, 0.6) is 0 Å². The number of rotatable bonds is 4. The SMILES string of the molecule is CC(OC(=O)c1cccc2c1C(=O)c1ccccc1C2=O)C(=O)Nc1ccc(Cl)cc1Cl. The van der Waals surface area contributed by atoms with E-state index in [2.05, 4.69) is 5.32 Å². The van der Waals surface area contributed by atoms with Crippen LogP contribution in [0.4, 0.5) is 5.69 Å². The van der Waals surface area contributed by atoms with Gasteiger partial charge in [0.1, 0.15) is 0 Å². The van der Waals surface area contributed by atoms with Crippen molar-refractivity contribution in [1.82, 2.24) is 0 Å². The fourth-order valence-corrected chi connectivity index (χ4v) is 3.87. The molecule has 1 amide bonds. The molecule has 0 aromatic heterocycles. The lowest BCUT2D eigenvalue weighted by Gasteiger charge is -2.20. The predicted octanol–water partition coefficient (Wildman–Crippen LogP) is 4.95. The molecule has 4 rings (SSSR count). The molecular weight excluding hydrogens is 453 g/mol. The van der Waals surface area contributed by atoms with Crippen LogP contribution in [-0.2, 0) is 9.53 Å². The molecule has 0 saturated carbocycles. The van der Waals surface area contributed by atoms with Gasteiger partial charge in [-0.15, -0.1) is 0 Å². The molecule has 160 valence electrons. The Hall–Kier alpha value is -3.48. The van der Waals surface area contributed by atoms with Crippen LogP contribution in [0.2, 0.25) is 10.0 Å². The Morgan fingerprint density at radius 2 is 1.53 bits per heavy atom. The molecule has 0 aliphatic heterocycles. The van der Waals surface area contributed by atoms with E-state index in [1.54, 1.807) is 24.3 Å². The summed E-state index contributed by atoms with van der Waals surface area (Å²) in [7, 11) is 0. The van der Waals surface area contributed by atoms with Gasteiger partial charge in [0.15, 0.2) is 17.7 Å². The molecule has 3 aromatic carbocycles. The summed E-state index contributed by atoms with van der Waals surface area (Å²) >= 11 is 11.9. The maximum absolute atomic E-state index is 13.0. The Labute approximate surface area is 193 Å². The minimum Gasteiger partial charge on any atom is -0.449 e. The van der Waals surface area contributed by atoms with Crippen molar-refractivity contribution in [2.24, 2.45) is 0 Å². The molecule has 0 heterocycles. The van der Waals surface area contributed by atoms with Crippen molar-refractivity contribution in [2.45, 2.75) is 13.0 Å². The van der Waals surface area contributed by atoms with Gasteiger partial charge in [0.2, 0.25) is 0 Å². The minimum absolute atomic E-state index is 0.0328. The van der Waals surface area contributed by atoms with Crippen LogP contribution in [0.1, 0.15) is 49.1 Å². The molecule has 1 aliphatic rings. The molecule has 0 bridgehead atoms. The largest absolute Gasteiger partial charge is 0.449 e. The van der Waals surface area contributed by atoms with Crippen molar-refractivity contribution < 1.29 is 23.9 Å². The molecule has 1 aliphatic carbocycles. The Bertz CT molecular complexity index is 1300. The van der Waals surface area contributed by atoms with E-state index in [1.807, 2.05) is 0 Å². The zero-order valence-electron chi connectivity index (χ0n) is 16.6. The van der Waals surface area contributed by atoms with Crippen LogP contribution in [0.25, 0.3) is 0 Å². The van der Waals surface area contributed by atoms with E-state index in [1.165, 1.54) is 43.3 Å². The Balaban J connectivity index is 1.57. The lowest BCUT2D eigenvalue weighted by atomic mass is 9.82. The highest BCUT2D eigenvalue weighted by Crippen LogP contribution is 2.30. The lowest BCUT2D eigenvalue weighted by Crippen LogP contribution is -2.31. The van der Waals surface area contributed by atoms with Crippen LogP contribution in [0, 0.1) is 0 Å². The number of esters is 1. The standard InChI is InChI=1S/C24H15Cl2NO5/c1-12(23(30)27-19-10-9-13(25)11-18(19)26)32-24(31)17-8-4-7-16-20(17)22(29)15-6-3-2-5-14(15)21(16)28/h2-12H,1H3,(H,27,30). The maximum atomic E-state index is 13.0. The molecule has 1 atom stereocenters. The van der Waals surface area contributed by atoms with E-state index < -0.39 is 23.8 Å². The fourth-order valence-electron chi connectivity index (χ4n) is 3.42. The van der Waals surface area contributed by atoms with Gasteiger partial charge in [-0.3, -0.25) is 14.4 Å². The van der Waals surface area contributed by atoms with Gasteiger partial charge in [-0.05, 0) is 31.2 Å².